The molecule has 1 aliphatic heterocycles. The molecule has 2 aromatic carbocycles. The van der Waals surface area contributed by atoms with Crippen molar-refractivity contribution in [1.29, 1.82) is 0 Å². The molecule has 15 heteroatoms. The molecule has 0 saturated heterocycles. The van der Waals surface area contributed by atoms with Crippen molar-refractivity contribution in [1.82, 2.24) is 35.5 Å². The molecule has 0 unspecified atom stereocenters. The van der Waals surface area contributed by atoms with Crippen molar-refractivity contribution in [3.05, 3.63) is 71.4 Å². The number of rotatable bonds is 6. The predicted octanol–water partition coefficient (Wildman–Crippen LogP) is 5.37. The Morgan fingerprint density at radius 2 is 2.02 bits per heavy atom. The Balaban J connectivity index is 1.40. The smallest absolute Gasteiger partial charge is 0.411 e. The van der Waals surface area contributed by atoms with Crippen molar-refractivity contribution in [2.45, 2.75) is 44.2 Å². The largest absolute Gasteiger partial charge is 0.453 e. The molecule has 1 aliphatic rings. The van der Waals surface area contributed by atoms with Gasteiger partial charge in [0.15, 0.2) is 0 Å². The minimum absolute atomic E-state index is 0.194. The van der Waals surface area contributed by atoms with Crippen LogP contribution in [0.4, 0.5) is 25.0 Å². The summed E-state index contributed by atoms with van der Waals surface area (Å²) >= 11 is 6.18. The highest BCUT2D eigenvalue weighted by atomic mass is 35.5. The molecule has 2 amide bonds. The predicted molar refractivity (Wildman–Crippen MR) is 156 cm³/mol. The fraction of sp³-hybridized carbons (Fsp3) is 0.286. The number of nitrogens with one attached hydrogen (secondary N) is 4. The van der Waals surface area contributed by atoms with Gasteiger partial charge in [-0.3, -0.25) is 10.1 Å². The van der Waals surface area contributed by atoms with Crippen LogP contribution in [0.25, 0.3) is 23.0 Å². The van der Waals surface area contributed by atoms with Gasteiger partial charge < -0.3 is 20.4 Å². The SMILES string of the molecule is COC(=O)Nc1ccc2c(c1)N[C@@H](C(F)F)CCCC[C@H](NC(=O)/C=C/c1cc(Cl)ccc1-n1cnnn1)c1ncc-2[nH]1. The maximum Gasteiger partial charge on any atom is 0.411 e. The van der Waals surface area contributed by atoms with Gasteiger partial charge in [-0.2, -0.15) is 4.68 Å². The highest BCUT2D eigenvalue weighted by molar-refractivity contribution is 6.30. The number of tetrazole rings is 1. The van der Waals surface area contributed by atoms with Gasteiger partial charge >= 0.3 is 6.09 Å². The lowest BCUT2D eigenvalue weighted by Gasteiger charge is -2.23. The molecule has 2 aromatic heterocycles. The molecule has 0 saturated carbocycles. The Morgan fingerprint density at radius 1 is 1.19 bits per heavy atom. The van der Waals surface area contributed by atoms with E-state index in [9.17, 15) is 18.4 Å². The quantitative estimate of drug-likeness (QED) is 0.212. The Labute approximate surface area is 249 Å². The lowest BCUT2D eigenvalue weighted by molar-refractivity contribution is -0.117. The number of aromatic nitrogens is 6. The summed E-state index contributed by atoms with van der Waals surface area (Å²) in [6.45, 7) is 0. The second-order valence-corrected chi connectivity index (χ2v) is 10.2. The lowest BCUT2D eigenvalue weighted by Crippen LogP contribution is -2.29. The van der Waals surface area contributed by atoms with Gasteiger partial charge in [0.1, 0.15) is 12.2 Å². The van der Waals surface area contributed by atoms with Crippen LogP contribution in [0.1, 0.15) is 43.1 Å². The molecule has 5 rings (SSSR count). The summed E-state index contributed by atoms with van der Waals surface area (Å²) in [6, 6.07) is 8.36. The van der Waals surface area contributed by atoms with E-state index in [1.807, 2.05) is 0 Å². The number of fused-ring (bicyclic) bond motifs is 4. The first-order valence-corrected chi connectivity index (χ1v) is 13.8. The van der Waals surface area contributed by atoms with Crippen LogP contribution in [0.2, 0.25) is 5.02 Å². The summed E-state index contributed by atoms with van der Waals surface area (Å²) in [5.74, 6) is 0.131. The fourth-order valence-electron chi connectivity index (χ4n) is 4.77. The molecular formula is C28H28ClF2N9O3. The number of hydrogen-bond donors (Lipinski definition) is 4. The first-order valence-electron chi connectivity index (χ1n) is 13.4. The number of nitrogens with zero attached hydrogens (tertiary/aromatic N) is 5. The second-order valence-electron chi connectivity index (χ2n) is 9.78. The van der Waals surface area contributed by atoms with Gasteiger partial charge in [-0.25, -0.2) is 18.6 Å². The molecule has 0 aliphatic carbocycles. The summed E-state index contributed by atoms with van der Waals surface area (Å²) in [5.41, 5.74) is 3.14. The zero-order chi connectivity index (χ0) is 30.3. The summed E-state index contributed by atoms with van der Waals surface area (Å²) in [7, 11) is 1.23. The number of aromatic amines is 1. The molecule has 2 atom stereocenters. The topological polar surface area (TPSA) is 152 Å². The van der Waals surface area contributed by atoms with Crippen LogP contribution in [0.15, 0.2) is 55.0 Å². The van der Waals surface area contributed by atoms with Crippen LogP contribution in [-0.4, -0.2) is 61.8 Å². The second kappa shape index (κ2) is 13.4. The zero-order valence-electron chi connectivity index (χ0n) is 22.9. The highest BCUT2D eigenvalue weighted by Crippen LogP contribution is 2.33. The third-order valence-corrected chi connectivity index (χ3v) is 7.12. The maximum atomic E-state index is 14.0. The summed E-state index contributed by atoms with van der Waals surface area (Å²) in [4.78, 5) is 32.5. The van der Waals surface area contributed by atoms with E-state index in [1.54, 1.807) is 48.7 Å². The third-order valence-electron chi connectivity index (χ3n) is 6.89. The average molecular weight is 612 g/mol. The first kappa shape index (κ1) is 29.6. The Kier molecular flexibility index (Phi) is 9.25. The Hall–Kier alpha value is -4.85. The van der Waals surface area contributed by atoms with Crippen molar-refractivity contribution in [2.24, 2.45) is 0 Å². The van der Waals surface area contributed by atoms with Crippen LogP contribution in [0.3, 0.4) is 0 Å². The minimum Gasteiger partial charge on any atom is -0.453 e. The molecule has 2 bridgehead atoms. The standard InChI is InChI=1S/C28H28ClF2N9O3/c1-43-28(42)34-18-8-9-19-22(13-18)35-20(26(30)31)4-2-3-5-21(27-32-14-23(19)37-27)36-25(41)11-6-16-12-17(29)7-10-24(16)40-15-33-38-39-40/h6-15,20-21,26,35H,2-5H2,1H3,(H,32,37)(H,34,42)(H,36,41)/b11-6+/t20-,21+/m1/s1. The van der Waals surface area contributed by atoms with Crippen molar-refractivity contribution >= 4 is 41.1 Å². The Bertz CT molecular complexity index is 1610. The number of halogens is 3. The number of alkyl halides is 2. The number of H-pyrrole nitrogens is 1. The number of imidazole rings is 1. The molecule has 0 spiro atoms. The van der Waals surface area contributed by atoms with E-state index in [-0.39, 0.29) is 12.3 Å². The molecule has 0 fully saturated rings. The van der Waals surface area contributed by atoms with Crippen LogP contribution >= 0.6 is 11.6 Å². The number of benzene rings is 2. The van der Waals surface area contributed by atoms with E-state index in [0.29, 0.717) is 64.0 Å². The maximum absolute atomic E-state index is 14.0. The number of ether oxygens (including phenoxy) is 1. The summed E-state index contributed by atoms with van der Waals surface area (Å²) < 4.78 is 34.1. The summed E-state index contributed by atoms with van der Waals surface area (Å²) in [6.07, 6.45) is 4.39. The molecule has 4 N–H and O–H groups in total. The molecular weight excluding hydrogens is 584 g/mol. The van der Waals surface area contributed by atoms with Crippen LogP contribution in [0.5, 0.6) is 0 Å². The highest BCUT2D eigenvalue weighted by Gasteiger charge is 2.25. The van der Waals surface area contributed by atoms with E-state index in [2.05, 4.69) is 46.2 Å². The molecule has 0 radical (unpaired) electrons. The number of carbonyl (C=O) groups excluding carboxylic acids is 2. The van der Waals surface area contributed by atoms with Crippen LogP contribution in [-0.2, 0) is 9.53 Å². The first-order chi connectivity index (χ1) is 20.8. The molecule has 4 aromatic rings. The number of hydrogen-bond acceptors (Lipinski definition) is 8. The van der Waals surface area contributed by atoms with E-state index >= 15 is 0 Å². The molecule has 3 heterocycles. The minimum atomic E-state index is -2.63. The van der Waals surface area contributed by atoms with Gasteiger partial charge in [0, 0.05) is 33.6 Å². The van der Waals surface area contributed by atoms with E-state index in [4.69, 9.17) is 11.6 Å². The fourth-order valence-corrected chi connectivity index (χ4v) is 4.95. The zero-order valence-corrected chi connectivity index (χ0v) is 23.7. The van der Waals surface area contributed by atoms with E-state index in [0.717, 1.165) is 0 Å². The van der Waals surface area contributed by atoms with Gasteiger partial charge in [-0.1, -0.05) is 24.4 Å². The van der Waals surface area contributed by atoms with Crippen molar-refractivity contribution in [3.63, 3.8) is 0 Å². The van der Waals surface area contributed by atoms with Gasteiger partial charge in [0.25, 0.3) is 6.43 Å². The van der Waals surface area contributed by atoms with Crippen molar-refractivity contribution in [3.8, 4) is 16.9 Å². The van der Waals surface area contributed by atoms with Crippen molar-refractivity contribution < 1.29 is 23.1 Å². The average Bonchev–Trinajstić information content (AvgIpc) is 3.70. The normalized spacial score (nSPS) is 17.0. The molecule has 12 nitrogen and oxygen atoms in total. The van der Waals surface area contributed by atoms with E-state index < -0.39 is 24.6 Å². The molecule has 224 valence electrons. The number of methoxy groups -OCH3 is 1. The number of carbonyl (C=O) groups is 2. The Morgan fingerprint density at radius 3 is 2.79 bits per heavy atom. The van der Waals surface area contributed by atoms with Gasteiger partial charge in [0.2, 0.25) is 5.91 Å². The van der Waals surface area contributed by atoms with Crippen LogP contribution in [0, 0.1) is 0 Å². The monoisotopic (exact) mass is 611 g/mol. The lowest BCUT2D eigenvalue weighted by atomic mass is 10.0. The molecule has 43 heavy (non-hydrogen) atoms. The van der Waals surface area contributed by atoms with Crippen molar-refractivity contribution in [2.75, 3.05) is 17.7 Å². The van der Waals surface area contributed by atoms with E-state index in [1.165, 1.54) is 24.2 Å². The number of amides is 2. The van der Waals surface area contributed by atoms with Gasteiger partial charge in [-0.05, 0) is 65.7 Å². The number of anilines is 2. The summed E-state index contributed by atoms with van der Waals surface area (Å²) in [5, 5.41) is 20.2. The third kappa shape index (κ3) is 7.33. The van der Waals surface area contributed by atoms with Gasteiger partial charge in [-0.15, -0.1) is 5.10 Å². The van der Waals surface area contributed by atoms with Crippen LogP contribution < -0.4 is 16.0 Å². The van der Waals surface area contributed by atoms with Gasteiger partial charge in [0.05, 0.1) is 36.8 Å².